The molecular formula is C10H14N4. The molecule has 0 fully saturated rings. The van der Waals surface area contributed by atoms with Crippen molar-refractivity contribution in [2.75, 3.05) is 0 Å². The van der Waals surface area contributed by atoms with Gasteiger partial charge in [-0.3, -0.25) is 0 Å². The van der Waals surface area contributed by atoms with Gasteiger partial charge in [0.1, 0.15) is 5.82 Å². The van der Waals surface area contributed by atoms with E-state index < -0.39 is 0 Å². The number of hydrogen-bond donors (Lipinski definition) is 0. The van der Waals surface area contributed by atoms with Gasteiger partial charge in [0.05, 0.1) is 12.5 Å². The number of aromatic nitrogens is 2. The second kappa shape index (κ2) is 2.70. The molecule has 0 spiro atoms. The van der Waals surface area contributed by atoms with Crippen LogP contribution in [0, 0.1) is 0 Å². The van der Waals surface area contributed by atoms with E-state index >= 15 is 0 Å². The van der Waals surface area contributed by atoms with E-state index in [4.69, 9.17) is 0 Å². The normalized spacial score (nSPS) is 15.9. The molecule has 14 heavy (non-hydrogen) atoms. The molecule has 0 saturated carbocycles. The summed E-state index contributed by atoms with van der Waals surface area (Å²) in [6.07, 6.45) is 3.53. The Morgan fingerprint density at radius 1 is 1.36 bits per heavy atom. The van der Waals surface area contributed by atoms with Gasteiger partial charge < -0.3 is 4.90 Å². The average molecular weight is 190 g/mol. The Balaban J connectivity index is 2.43. The van der Waals surface area contributed by atoms with Gasteiger partial charge in [0, 0.05) is 11.6 Å². The van der Waals surface area contributed by atoms with Crippen molar-refractivity contribution in [3.8, 4) is 0 Å². The zero-order chi connectivity index (χ0) is 10.3. The van der Waals surface area contributed by atoms with Gasteiger partial charge in [-0.05, 0) is 20.8 Å². The molecular weight excluding hydrogens is 176 g/mol. The Bertz CT molecular complexity index is 394. The molecule has 1 aromatic rings. The lowest BCUT2D eigenvalue weighted by atomic mass is 10.1. The maximum absolute atomic E-state index is 4.29. The van der Waals surface area contributed by atoms with Crippen LogP contribution in [-0.4, -0.2) is 26.6 Å². The molecule has 0 radical (unpaired) electrons. The highest BCUT2D eigenvalue weighted by molar-refractivity contribution is 5.75. The molecule has 4 nitrogen and oxygen atoms in total. The van der Waals surface area contributed by atoms with E-state index in [0.29, 0.717) is 0 Å². The van der Waals surface area contributed by atoms with Gasteiger partial charge in [-0.1, -0.05) is 6.58 Å². The first-order chi connectivity index (χ1) is 6.50. The SMILES string of the molecule is C=C1N(C(C)(C)C)C=Nc2ccnn21. The van der Waals surface area contributed by atoms with Crippen molar-refractivity contribution in [1.82, 2.24) is 14.7 Å². The summed E-state index contributed by atoms with van der Waals surface area (Å²) in [4.78, 5) is 6.30. The predicted molar refractivity (Wildman–Crippen MR) is 57.3 cm³/mol. The predicted octanol–water partition coefficient (Wildman–Crippen LogP) is 2.09. The summed E-state index contributed by atoms with van der Waals surface area (Å²) in [5, 5.41) is 4.16. The fraction of sp³-hybridized carbons (Fsp3) is 0.400. The molecule has 0 saturated heterocycles. The second-order valence-corrected chi connectivity index (χ2v) is 4.30. The molecule has 4 heteroatoms. The van der Waals surface area contributed by atoms with E-state index in [1.54, 1.807) is 17.2 Å². The van der Waals surface area contributed by atoms with E-state index in [2.05, 4.69) is 37.4 Å². The van der Waals surface area contributed by atoms with Crippen LogP contribution in [0.3, 0.4) is 0 Å². The van der Waals surface area contributed by atoms with E-state index in [1.165, 1.54) is 0 Å². The van der Waals surface area contributed by atoms with Gasteiger partial charge in [-0.25, -0.2) is 4.99 Å². The van der Waals surface area contributed by atoms with Crippen LogP contribution in [-0.2, 0) is 0 Å². The molecule has 0 aromatic carbocycles. The van der Waals surface area contributed by atoms with Crippen LogP contribution in [0.1, 0.15) is 20.8 Å². The van der Waals surface area contributed by atoms with Gasteiger partial charge in [0.25, 0.3) is 0 Å². The Morgan fingerprint density at radius 3 is 2.71 bits per heavy atom. The highest BCUT2D eigenvalue weighted by Crippen LogP contribution is 2.27. The van der Waals surface area contributed by atoms with E-state index in [1.807, 2.05) is 11.0 Å². The molecule has 2 rings (SSSR count). The topological polar surface area (TPSA) is 33.4 Å². The van der Waals surface area contributed by atoms with E-state index in [0.717, 1.165) is 11.6 Å². The van der Waals surface area contributed by atoms with E-state index in [9.17, 15) is 0 Å². The summed E-state index contributed by atoms with van der Waals surface area (Å²) in [7, 11) is 0. The minimum atomic E-state index is -0.0236. The number of nitrogens with zero attached hydrogens (tertiary/aromatic N) is 4. The third-order valence-corrected chi connectivity index (χ3v) is 2.17. The van der Waals surface area contributed by atoms with Gasteiger partial charge in [-0.2, -0.15) is 9.78 Å². The number of aliphatic imine (C=N–C) groups is 1. The summed E-state index contributed by atoms with van der Waals surface area (Å²) in [6, 6.07) is 1.86. The van der Waals surface area contributed by atoms with Crippen molar-refractivity contribution < 1.29 is 0 Å². The van der Waals surface area contributed by atoms with Crippen LogP contribution in [0.4, 0.5) is 5.82 Å². The van der Waals surface area contributed by atoms with Crippen molar-refractivity contribution in [3.05, 3.63) is 18.8 Å². The third-order valence-electron chi connectivity index (χ3n) is 2.17. The third kappa shape index (κ3) is 1.23. The largest absolute Gasteiger partial charge is 0.312 e. The summed E-state index contributed by atoms with van der Waals surface area (Å²) in [5.74, 6) is 1.67. The van der Waals surface area contributed by atoms with Gasteiger partial charge >= 0.3 is 0 Å². The highest BCUT2D eigenvalue weighted by Gasteiger charge is 2.25. The first-order valence-corrected chi connectivity index (χ1v) is 4.57. The lowest BCUT2D eigenvalue weighted by Gasteiger charge is -2.36. The molecule has 0 unspecified atom stereocenters. The molecule has 1 aliphatic rings. The van der Waals surface area contributed by atoms with Gasteiger partial charge in [0.15, 0.2) is 5.82 Å². The fourth-order valence-corrected chi connectivity index (χ4v) is 1.44. The van der Waals surface area contributed by atoms with Crippen LogP contribution < -0.4 is 0 Å². The van der Waals surface area contributed by atoms with Gasteiger partial charge in [0.2, 0.25) is 0 Å². The van der Waals surface area contributed by atoms with Crippen LogP contribution in [0.2, 0.25) is 0 Å². The zero-order valence-electron chi connectivity index (χ0n) is 8.73. The minimum absolute atomic E-state index is 0.0236. The molecule has 0 atom stereocenters. The number of fused-ring (bicyclic) bond motifs is 1. The van der Waals surface area contributed by atoms with Crippen molar-refractivity contribution in [3.63, 3.8) is 0 Å². The maximum Gasteiger partial charge on any atom is 0.159 e. The molecule has 1 aromatic heterocycles. The molecule has 74 valence electrons. The highest BCUT2D eigenvalue weighted by atomic mass is 15.5. The van der Waals surface area contributed by atoms with Crippen molar-refractivity contribution >= 4 is 18.0 Å². The summed E-state index contributed by atoms with van der Waals surface area (Å²) in [6.45, 7) is 10.3. The minimum Gasteiger partial charge on any atom is -0.312 e. The Morgan fingerprint density at radius 2 is 2.07 bits per heavy atom. The Hall–Kier alpha value is -1.58. The smallest absolute Gasteiger partial charge is 0.159 e. The molecule has 0 bridgehead atoms. The molecule has 0 N–H and O–H groups in total. The lowest BCUT2D eigenvalue weighted by molar-refractivity contribution is 0.317. The van der Waals surface area contributed by atoms with Gasteiger partial charge in [-0.15, -0.1) is 0 Å². The van der Waals surface area contributed by atoms with Crippen LogP contribution in [0.25, 0.3) is 5.82 Å². The average Bonchev–Trinajstić information content (AvgIpc) is 2.50. The summed E-state index contributed by atoms with van der Waals surface area (Å²) >= 11 is 0. The summed E-state index contributed by atoms with van der Waals surface area (Å²) < 4.78 is 1.74. The van der Waals surface area contributed by atoms with E-state index in [-0.39, 0.29) is 5.54 Å². The first kappa shape index (κ1) is 8.99. The van der Waals surface area contributed by atoms with Crippen molar-refractivity contribution in [2.45, 2.75) is 26.3 Å². The quantitative estimate of drug-likeness (QED) is 0.627. The molecule has 2 heterocycles. The van der Waals surface area contributed by atoms with Crippen molar-refractivity contribution in [1.29, 1.82) is 0 Å². The van der Waals surface area contributed by atoms with Crippen LogP contribution >= 0.6 is 0 Å². The van der Waals surface area contributed by atoms with Crippen LogP contribution in [0.5, 0.6) is 0 Å². The zero-order valence-corrected chi connectivity index (χ0v) is 8.73. The summed E-state index contributed by atoms with van der Waals surface area (Å²) in [5.41, 5.74) is -0.0236. The second-order valence-electron chi connectivity index (χ2n) is 4.30. The number of rotatable bonds is 0. The first-order valence-electron chi connectivity index (χ1n) is 4.57. The fourth-order valence-electron chi connectivity index (χ4n) is 1.44. The van der Waals surface area contributed by atoms with Crippen LogP contribution in [0.15, 0.2) is 23.8 Å². The Kier molecular flexibility index (Phi) is 1.74. The lowest BCUT2D eigenvalue weighted by Crippen LogP contribution is -2.41. The molecule has 0 amide bonds. The van der Waals surface area contributed by atoms with Crippen molar-refractivity contribution in [2.24, 2.45) is 4.99 Å². The monoisotopic (exact) mass is 190 g/mol. The Labute approximate surface area is 83.6 Å². The standard InChI is InChI=1S/C10H14N4/c1-8-13(10(2,3)4)7-11-9-5-6-12-14(8)9/h5-7H,1H2,2-4H3. The molecule has 1 aliphatic heterocycles. The molecule has 0 aliphatic carbocycles. The number of hydrogen-bond acceptors (Lipinski definition) is 3. The maximum atomic E-state index is 4.29.